The third kappa shape index (κ3) is 3.78. The van der Waals surface area contributed by atoms with Crippen molar-refractivity contribution in [1.82, 2.24) is 0 Å². The number of fused-ring (bicyclic) bond motifs is 1. The fourth-order valence-electron chi connectivity index (χ4n) is 3.09. The molecule has 6 nitrogen and oxygen atoms in total. The summed E-state index contributed by atoms with van der Waals surface area (Å²) in [5, 5.41) is 3.28. The fourth-order valence-corrected chi connectivity index (χ4v) is 3.26. The van der Waals surface area contributed by atoms with E-state index >= 15 is 0 Å². The summed E-state index contributed by atoms with van der Waals surface area (Å²) in [5.41, 5.74) is 0.868. The van der Waals surface area contributed by atoms with Gasteiger partial charge >= 0.3 is 0 Å². The van der Waals surface area contributed by atoms with E-state index in [-0.39, 0.29) is 11.8 Å². The number of nitrogens with zero attached hydrogens (tertiary/aromatic N) is 1. The molecule has 1 heterocycles. The first kappa shape index (κ1) is 20.0. The predicted molar refractivity (Wildman–Crippen MR) is 110 cm³/mol. The zero-order valence-corrected chi connectivity index (χ0v) is 17.1. The van der Waals surface area contributed by atoms with E-state index < -0.39 is 5.41 Å². The first-order chi connectivity index (χ1) is 13.3. The highest BCUT2D eigenvalue weighted by atomic mass is 35.5. The highest BCUT2D eigenvalue weighted by molar-refractivity contribution is 6.31. The normalized spacial score (nSPS) is 15.3. The molecule has 0 unspecified atom stereocenters. The standard InChI is InChI=1S/C21H23ClN2O4/c1-5-24-16-11-14(7-9-18(16)28-12-21(2,3)20(24)26)23-19(25)15-10-13(22)6-8-17(15)27-4/h6-11H,5,12H2,1-4H3,(H,23,25). The number of hydrogen-bond donors (Lipinski definition) is 1. The van der Waals surface area contributed by atoms with Crippen LogP contribution in [0.1, 0.15) is 31.1 Å². The van der Waals surface area contributed by atoms with Gasteiger partial charge in [0.15, 0.2) is 0 Å². The summed E-state index contributed by atoms with van der Waals surface area (Å²) in [6.07, 6.45) is 0. The Hall–Kier alpha value is -2.73. The van der Waals surface area contributed by atoms with Crippen molar-refractivity contribution in [3.63, 3.8) is 0 Å². The van der Waals surface area contributed by atoms with Gasteiger partial charge < -0.3 is 19.7 Å². The number of amides is 2. The maximum Gasteiger partial charge on any atom is 0.259 e. The maximum absolute atomic E-state index is 12.9. The molecule has 0 radical (unpaired) electrons. The molecule has 3 rings (SSSR count). The van der Waals surface area contributed by atoms with Crippen LogP contribution in [0.15, 0.2) is 36.4 Å². The second kappa shape index (κ2) is 7.72. The lowest BCUT2D eigenvalue weighted by molar-refractivity contribution is -0.127. The zero-order valence-electron chi connectivity index (χ0n) is 16.3. The van der Waals surface area contributed by atoms with Crippen LogP contribution >= 0.6 is 11.6 Å². The molecule has 2 aromatic carbocycles. The Kier molecular flexibility index (Phi) is 5.52. The first-order valence-corrected chi connectivity index (χ1v) is 9.38. The summed E-state index contributed by atoms with van der Waals surface area (Å²) >= 11 is 6.02. The Labute approximate surface area is 169 Å². The molecule has 7 heteroatoms. The SMILES string of the molecule is CCN1C(=O)C(C)(C)COc2ccc(NC(=O)c3cc(Cl)ccc3OC)cc21. The molecule has 0 aromatic heterocycles. The van der Waals surface area contributed by atoms with Crippen LogP contribution in [0.4, 0.5) is 11.4 Å². The molecule has 148 valence electrons. The Morgan fingerprint density at radius 2 is 2.04 bits per heavy atom. The van der Waals surface area contributed by atoms with Gasteiger partial charge in [0.05, 0.1) is 23.8 Å². The monoisotopic (exact) mass is 402 g/mol. The van der Waals surface area contributed by atoms with Crippen LogP contribution < -0.4 is 19.7 Å². The maximum atomic E-state index is 12.9. The van der Waals surface area contributed by atoms with Gasteiger partial charge in [-0.15, -0.1) is 0 Å². The van der Waals surface area contributed by atoms with Crippen molar-refractivity contribution in [2.75, 3.05) is 30.5 Å². The molecule has 1 N–H and O–H groups in total. The van der Waals surface area contributed by atoms with Gasteiger partial charge in [0.25, 0.3) is 5.91 Å². The van der Waals surface area contributed by atoms with Crippen molar-refractivity contribution in [3.8, 4) is 11.5 Å². The summed E-state index contributed by atoms with van der Waals surface area (Å²) in [6, 6.07) is 10.1. The Morgan fingerprint density at radius 1 is 1.29 bits per heavy atom. The average Bonchev–Trinajstić information content (AvgIpc) is 2.76. The smallest absolute Gasteiger partial charge is 0.259 e. The second-order valence-electron chi connectivity index (χ2n) is 7.20. The van der Waals surface area contributed by atoms with Crippen molar-refractivity contribution in [2.45, 2.75) is 20.8 Å². The van der Waals surface area contributed by atoms with Gasteiger partial charge in [0, 0.05) is 17.3 Å². The van der Waals surface area contributed by atoms with Crippen LogP contribution in [0.5, 0.6) is 11.5 Å². The number of benzene rings is 2. The van der Waals surface area contributed by atoms with E-state index in [1.165, 1.54) is 7.11 Å². The van der Waals surface area contributed by atoms with Crippen molar-refractivity contribution in [1.29, 1.82) is 0 Å². The quantitative estimate of drug-likeness (QED) is 0.824. The minimum absolute atomic E-state index is 0.0197. The molecule has 0 saturated heterocycles. The molecule has 2 amide bonds. The molecule has 28 heavy (non-hydrogen) atoms. The Morgan fingerprint density at radius 3 is 2.71 bits per heavy atom. The van der Waals surface area contributed by atoms with Crippen LogP contribution in [-0.4, -0.2) is 32.1 Å². The van der Waals surface area contributed by atoms with Gasteiger partial charge in [-0.2, -0.15) is 0 Å². The predicted octanol–water partition coefficient (Wildman–Crippen LogP) is 4.37. The van der Waals surface area contributed by atoms with E-state index in [9.17, 15) is 9.59 Å². The van der Waals surface area contributed by atoms with E-state index in [1.807, 2.05) is 20.8 Å². The fraction of sp³-hybridized carbons (Fsp3) is 0.333. The number of hydrogen-bond acceptors (Lipinski definition) is 4. The number of methoxy groups -OCH3 is 1. The molecule has 0 bridgehead atoms. The Balaban J connectivity index is 1.93. The first-order valence-electron chi connectivity index (χ1n) is 9.00. The van der Waals surface area contributed by atoms with E-state index in [0.29, 0.717) is 46.6 Å². The van der Waals surface area contributed by atoms with Crippen LogP contribution in [0, 0.1) is 5.41 Å². The molecule has 0 spiro atoms. The molecule has 1 aliphatic heterocycles. The zero-order chi connectivity index (χ0) is 20.5. The topological polar surface area (TPSA) is 67.9 Å². The molecule has 2 aromatic rings. The van der Waals surface area contributed by atoms with E-state index in [2.05, 4.69) is 5.32 Å². The number of nitrogens with one attached hydrogen (secondary N) is 1. The van der Waals surface area contributed by atoms with Gasteiger partial charge in [-0.1, -0.05) is 11.6 Å². The van der Waals surface area contributed by atoms with Gasteiger partial charge in [-0.25, -0.2) is 0 Å². The third-order valence-electron chi connectivity index (χ3n) is 4.64. The molecule has 1 aliphatic rings. The van der Waals surface area contributed by atoms with E-state index in [1.54, 1.807) is 41.3 Å². The number of halogens is 1. The molecular weight excluding hydrogens is 380 g/mol. The summed E-state index contributed by atoms with van der Waals surface area (Å²) in [5.74, 6) is 0.656. The number of ether oxygens (including phenoxy) is 2. The molecule has 0 fully saturated rings. The number of carbonyl (C=O) groups is 2. The number of anilines is 2. The Bertz CT molecular complexity index is 927. The average molecular weight is 403 g/mol. The van der Waals surface area contributed by atoms with Gasteiger partial charge in [0.1, 0.15) is 18.1 Å². The van der Waals surface area contributed by atoms with Gasteiger partial charge in [-0.05, 0) is 57.2 Å². The summed E-state index contributed by atoms with van der Waals surface area (Å²) in [6.45, 7) is 6.42. The molecule has 0 saturated carbocycles. The number of carbonyl (C=O) groups excluding carboxylic acids is 2. The van der Waals surface area contributed by atoms with Crippen molar-refractivity contribution in [3.05, 3.63) is 47.0 Å². The molecule has 0 atom stereocenters. The van der Waals surface area contributed by atoms with Gasteiger partial charge in [-0.3, -0.25) is 9.59 Å². The lowest BCUT2D eigenvalue weighted by atomic mass is 9.93. The van der Waals surface area contributed by atoms with E-state index in [0.717, 1.165) is 0 Å². The van der Waals surface area contributed by atoms with E-state index in [4.69, 9.17) is 21.1 Å². The highest BCUT2D eigenvalue weighted by Crippen LogP contribution is 2.38. The van der Waals surface area contributed by atoms with Crippen molar-refractivity contribution in [2.24, 2.45) is 5.41 Å². The lowest BCUT2D eigenvalue weighted by Crippen LogP contribution is -2.42. The summed E-state index contributed by atoms with van der Waals surface area (Å²) < 4.78 is 11.1. The summed E-state index contributed by atoms with van der Waals surface area (Å²) in [7, 11) is 1.49. The minimum atomic E-state index is -0.632. The van der Waals surface area contributed by atoms with Crippen LogP contribution in [0.25, 0.3) is 0 Å². The van der Waals surface area contributed by atoms with Gasteiger partial charge in [0.2, 0.25) is 5.91 Å². The second-order valence-corrected chi connectivity index (χ2v) is 7.64. The molecule has 0 aliphatic carbocycles. The minimum Gasteiger partial charge on any atom is -0.496 e. The van der Waals surface area contributed by atoms with Crippen molar-refractivity contribution < 1.29 is 19.1 Å². The molecular formula is C21H23ClN2O4. The summed E-state index contributed by atoms with van der Waals surface area (Å²) in [4.78, 5) is 27.3. The van der Waals surface area contributed by atoms with Crippen LogP contribution in [0.2, 0.25) is 5.02 Å². The van der Waals surface area contributed by atoms with Crippen LogP contribution in [-0.2, 0) is 4.79 Å². The highest BCUT2D eigenvalue weighted by Gasteiger charge is 2.37. The largest absolute Gasteiger partial charge is 0.496 e. The lowest BCUT2D eigenvalue weighted by Gasteiger charge is -2.27. The van der Waals surface area contributed by atoms with Crippen molar-refractivity contribution >= 4 is 34.8 Å². The number of rotatable bonds is 4. The van der Waals surface area contributed by atoms with Crippen LogP contribution in [0.3, 0.4) is 0 Å². The third-order valence-corrected chi connectivity index (χ3v) is 4.88.